The van der Waals surface area contributed by atoms with Crippen molar-refractivity contribution >= 4 is 72.0 Å². The first-order chi connectivity index (χ1) is 29.6. The van der Waals surface area contributed by atoms with Crippen molar-refractivity contribution in [3.63, 3.8) is 0 Å². The number of hydrogen-bond donors (Lipinski definition) is 5. The second kappa shape index (κ2) is 18.4. The Kier molecular flexibility index (Phi) is 13.7. The van der Waals surface area contributed by atoms with Gasteiger partial charge in [-0.2, -0.15) is 27.5 Å². The Balaban J connectivity index is 0.00000141. The molecule has 4 saturated carbocycles. The van der Waals surface area contributed by atoms with Crippen molar-refractivity contribution in [1.82, 2.24) is 29.9 Å². The number of piperidine rings is 1. The minimum absolute atomic E-state index is 0.0733. The summed E-state index contributed by atoms with van der Waals surface area (Å²) in [5.41, 5.74) is 15.9. The van der Waals surface area contributed by atoms with E-state index in [-0.39, 0.29) is 45.0 Å². The summed E-state index contributed by atoms with van der Waals surface area (Å²) in [6, 6.07) is 4.44. The van der Waals surface area contributed by atoms with Gasteiger partial charge in [0.05, 0.1) is 28.6 Å². The number of hydrogen-bond acceptors (Lipinski definition) is 10. The number of allylic oxidation sites excluding steroid dienone is 3. The number of nitrogens with two attached hydrogens (primary N) is 1. The van der Waals surface area contributed by atoms with Crippen molar-refractivity contribution < 1.29 is 19.3 Å². The number of fused-ring (bicyclic) bond motifs is 1. The number of thiazole rings is 1. The van der Waals surface area contributed by atoms with Crippen molar-refractivity contribution in [2.45, 2.75) is 118 Å². The van der Waals surface area contributed by atoms with Gasteiger partial charge in [0.1, 0.15) is 29.0 Å². The van der Waals surface area contributed by atoms with Gasteiger partial charge in [0, 0.05) is 48.1 Å². The standard InChI is InChI=1S/C44H56FN9O3S.C2H6.BI/c1-27(37(46)51-40-49-33-18-29(45)9-11-34(33)58-40)30-8-7-15-53(38(30)47)35-12-10-31(36(50-35)39(55)56)32-19-48-54(28(32)2)26-43-21-41(3)20-42(4,22-43)24-44(23-41,25-43)57-17-16-52-13-5-6-14-52;2*1-2/h9-12,18-19,47,50,55-56H,5-8,13-17,20-26H2,1-4H3,(H2,46,49,51);1-2H3;/b30-27-,47-38?;;. The van der Waals surface area contributed by atoms with Gasteiger partial charge >= 0.3 is 0 Å². The SMILES string of the molecule is CC.CC(=C1\CCCN(C2=CC=C(c3cnn(CC45CC6(C)CC(C)(C4)CC(OCCN4CCCC4)(C6)C5)c3C)C(=C(O)O)N2)C1=N)/C(N)=N\c1nc2cc(F)ccc2s1.[B]I. The molecule has 6 N–H and O–H groups in total. The topological polar surface area (TPSA) is 161 Å². The van der Waals surface area contributed by atoms with E-state index in [0.29, 0.717) is 40.6 Å². The highest BCUT2D eigenvalue weighted by Crippen LogP contribution is 2.72. The summed E-state index contributed by atoms with van der Waals surface area (Å²) in [6.45, 7) is 18.4. The summed E-state index contributed by atoms with van der Waals surface area (Å²) >= 11 is 2.97. The molecule has 4 aliphatic carbocycles. The lowest BCUT2D eigenvalue weighted by molar-refractivity contribution is -0.248. The van der Waals surface area contributed by atoms with E-state index >= 15 is 0 Å². The van der Waals surface area contributed by atoms with Crippen LogP contribution in [0.15, 0.2) is 70.1 Å². The molecule has 5 heterocycles. The summed E-state index contributed by atoms with van der Waals surface area (Å²) in [7, 11) is 0. The highest BCUT2D eigenvalue weighted by atomic mass is 127. The second-order valence-electron chi connectivity index (χ2n) is 18.8. The number of nitrogens with one attached hydrogen (secondary N) is 2. The molecular weight excluding hydrogens is 915 g/mol. The molecule has 2 saturated heterocycles. The Bertz CT molecular complexity index is 2320. The molecule has 4 bridgehead atoms. The summed E-state index contributed by atoms with van der Waals surface area (Å²) in [5.74, 6) is -0.151. The Morgan fingerprint density at radius 1 is 1.05 bits per heavy atom. The Morgan fingerprint density at radius 3 is 2.45 bits per heavy atom. The molecule has 16 heteroatoms. The Labute approximate surface area is 384 Å². The normalized spacial score (nSPS) is 29.1. The maximum absolute atomic E-state index is 13.7. The molecule has 2 aromatic heterocycles. The quantitative estimate of drug-likeness (QED) is 0.0438. The maximum Gasteiger partial charge on any atom is 0.299 e. The number of halogens is 2. The predicted molar refractivity (Wildman–Crippen MR) is 257 cm³/mol. The molecule has 10 rings (SSSR count). The molecule has 0 spiro atoms. The van der Waals surface area contributed by atoms with E-state index in [1.807, 2.05) is 44.0 Å². The van der Waals surface area contributed by atoms with Crippen LogP contribution in [0.5, 0.6) is 0 Å². The molecule has 332 valence electrons. The smallest absolute Gasteiger partial charge is 0.299 e. The van der Waals surface area contributed by atoms with Crippen molar-refractivity contribution in [1.29, 1.82) is 5.41 Å². The zero-order valence-electron chi connectivity index (χ0n) is 37.1. The van der Waals surface area contributed by atoms with Crippen LogP contribution in [0.1, 0.15) is 110 Å². The number of rotatable bonds is 10. The van der Waals surface area contributed by atoms with Crippen LogP contribution in [0, 0.1) is 34.4 Å². The van der Waals surface area contributed by atoms with Gasteiger partial charge in [0.2, 0.25) is 5.13 Å². The van der Waals surface area contributed by atoms with Crippen molar-refractivity contribution in [2.24, 2.45) is 27.0 Å². The molecule has 6 fully saturated rings. The third-order valence-electron chi connectivity index (χ3n) is 13.7. The predicted octanol–water partition coefficient (Wildman–Crippen LogP) is 9.89. The number of aliphatic hydroxyl groups is 2. The van der Waals surface area contributed by atoms with Crippen LogP contribution in [0.4, 0.5) is 9.52 Å². The van der Waals surface area contributed by atoms with E-state index in [1.54, 1.807) is 28.4 Å². The van der Waals surface area contributed by atoms with E-state index in [2.05, 4.69) is 51.3 Å². The molecule has 12 nitrogen and oxygen atoms in total. The van der Waals surface area contributed by atoms with Crippen LogP contribution in [0.2, 0.25) is 0 Å². The number of ether oxygens (including phenoxy) is 1. The molecule has 2 unspecified atom stereocenters. The van der Waals surface area contributed by atoms with Gasteiger partial charge in [-0.1, -0.05) is 39.0 Å². The molecule has 0 amide bonds. The molecular formula is C46H62BFIN9O3S. The van der Waals surface area contributed by atoms with Gasteiger partial charge < -0.3 is 35.8 Å². The van der Waals surface area contributed by atoms with E-state index in [1.165, 1.54) is 68.7 Å². The zero-order valence-corrected chi connectivity index (χ0v) is 40.1. The average molecular weight is 978 g/mol. The van der Waals surface area contributed by atoms with Crippen LogP contribution in [0.3, 0.4) is 0 Å². The van der Waals surface area contributed by atoms with Gasteiger partial charge in [-0.05, 0) is 137 Å². The molecule has 1 aromatic carbocycles. The molecule has 3 aromatic rings. The lowest BCUT2D eigenvalue weighted by atomic mass is 9.39. The fourth-order valence-electron chi connectivity index (χ4n) is 12.5. The van der Waals surface area contributed by atoms with Gasteiger partial charge in [0.25, 0.3) is 5.95 Å². The Morgan fingerprint density at radius 2 is 1.76 bits per heavy atom. The first-order valence-corrected chi connectivity index (χ1v) is 24.1. The van der Waals surface area contributed by atoms with Crippen molar-refractivity contribution in [2.75, 3.05) is 32.8 Å². The lowest BCUT2D eigenvalue weighted by Crippen LogP contribution is -2.64. The zero-order chi connectivity index (χ0) is 44.6. The summed E-state index contributed by atoms with van der Waals surface area (Å²) in [6.07, 6.45) is 16.5. The fraction of sp³-hybridized carbons (Fsp3) is 0.565. The molecule has 2 radical (unpaired) electrons. The molecule has 7 aliphatic rings. The average Bonchev–Trinajstić information content (AvgIpc) is 3.98. The van der Waals surface area contributed by atoms with Crippen LogP contribution >= 0.6 is 33.7 Å². The van der Waals surface area contributed by atoms with Gasteiger partial charge in [-0.3, -0.25) is 10.1 Å². The van der Waals surface area contributed by atoms with E-state index in [4.69, 9.17) is 15.6 Å². The van der Waals surface area contributed by atoms with Crippen LogP contribution < -0.4 is 11.1 Å². The number of aliphatic imine (C=N–C) groups is 1. The monoisotopic (exact) mass is 977 g/mol. The third-order valence-corrected chi connectivity index (χ3v) is 14.7. The molecule has 2 atom stereocenters. The van der Waals surface area contributed by atoms with Crippen LogP contribution in [-0.4, -0.2) is 90.5 Å². The first kappa shape index (κ1) is 46.3. The highest BCUT2D eigenvalue weighted by molar-refractivity contribution is 14.1. The van der Waals surface area contributed by atoms with Gasteiger partial charge in [-0.15, -0.1) is 0 Å². The second-order valence-corrected chi connectivity index (χ2v) is 19.8. The van der Waals surface area contributed by atoms with Gasteiger partial charge in [0.15, 0.2) is 5.70 Å². The highest BCUT2D eigenvalue weighted by Gasteiger charge is 2.66. The van der Waals surface area contributed by atoms with E-state index < -0.39 is 5.95 Å². The maximum atomic E-state index is 13.7. The van der Waals surface area contributed by atoms with Gasteiger partial charge in [-0.25, -0.2) is 14.4 Å². The van der Waals surface area contributed by atoms with Crippen LogP contribution in [-0.2, 0) is 11.3 Å². The lowest BCUT2D eigenvalue weighted by Gasteiger charge is -2.69. The summed E-state index contributed by atoms with van der Waals surface area (Å²) in [4.78, 5) is 13.3. The summed E-state index contributed by atoms with van der Waals surface area (Å²) in [5, 5.41) is 39.2. The summed E-state index contributed by atoms with van der Waals surface area (Å²) < 4.78 is 23.7. The number of amidine groups is 2. The molecule has 3 aliphatic heterocycles. The Hall–Kier alpha value is -3.74. The van der Waals surface area contributed by atoms with E-state index in [9.17, 15) is 20.0 Å². The number of benzene rings is 1. The number of aromatic nitrogens is 3. The number of nitrogens with zero attached hydrogens (tertiary/aromatic N) is 6. The van der Waals surface area contributed by atoms with Crippen molar-refractivity contribution in [3.05, 3.63) is 82.2 Å². The number of likely N-dealkylation sites (tertiary alicyclic amines) is 2. The minimum atomic E-state index is -0.832. The molecule has 62 heavy (non-hydrogen) atoms. The fourth-order valence-corrected chi connectivity index (χ4v) is 13.3. The largest absolute Gasteiger partial charge is 0.480 e. The number of aliphatic hydroxyl groups excluding tert-OH is 1. The minimum Gasteiger partial charge on any atom is -0.480 e. The number of dihydropyridines is 1. The van der Waals surface area contributed by atoms with Crippen LogP contribution in [0.25, 0.3) is 15.8 Å². The van der Waals surface area contributed by atoms with E-state index in [0.717, 1.165) is 66.9 Å². The van der Waals surface area contributed by atoms with Crippen molar-refractivity contribution in [3.8, 4) is 0 Å². The first-order valence-electron chi connectivity index (χ1n) is 22.0. The third kappa shape index (κ3) is 9.25.